The van der Waals surface area contributed by atoms with E-state index in [0.29, 0.717) is 35.2 Å². The molecule has 0 bridgehead atoms. The molecule has 0 saturated carbocycles. The third-order valence-electron chi connectivity index (χ3n) is 5.26. The Labute approximate surface area is 199 Å². The number of aryl methyl sites for hydroxylation is 1. The highest BCUT2D eigenvalue weighted by Crippen LogP contribution is 2.24. The summed E-state index contributed by atoms with van der Waals surface area (Å²) in [5.74, 6) is -0.123. The molecule has 2 aromatic carbocycles. The van der Waals surface area contributed by atoms with Crippen LogP contribution in [0.3, 0.4) is 0 Å². The molecule has 0 unspecified atom stereocenters. The number of nitrogens with zero attached hydrogens (tertiary/aromatic N) is 3. The van der Waals surface area contributed by atoms with Gasteiger partial charge in [0.2, 0.25) is 0 Å². The molecule has 168 valence electrons. The molecule has 0 radical (unpaired) electrons. The number of halogens is 2. The molecule has 3 rings (SSSR count). The predicted octanol–water partition coefficient (Wildman–Crippen LogP) is 5.86. The van der Waals surface area contributed by atoms with Crippen LogP contribution in [0, 0.1) is 6.92 Å². The monoisotopic (exact) mass is 470 g/mol. The van der Waals surface area contributed by atoms with Crippen LogP contribution in [-0.2, 0) is 18.4 Å². The topological polar surface area (TPSA) is 72.1 Å². The third-order valence-corrected chi connectivity index (χ3v) is 6.00. The van der Waals surface area contributed by atoms with Gasteiger partial charge < -0.3 is 10.6 Å². The number of anilines is 1. The molecule has 1 heterocycles. The molecular formula is C25H28Cl2N4O. The quantitative estimate of drug-likeness (QED) is 0.489. The van der Waals surface area contributed by atoms with E-state index >= 15 is 0 Å². The molecule has 0 atom stereocenters. The number of amides is 1. The van der Waals surface area contributed by atoms with E-state index in [-0.39, 0.29) is 22.8 Å². The van der Waals surface area contributed by atoms with Crippen LogP contribution < -0.4 is 5.73 Å². The van der Waals surface area contributed by atoms with Crippen molar-refractivity contribution < 1.29 is 4.79 Å². The normalized spacial score (nSPS) is 11.4. The van der Waals surface area contributed by atoms with E-state index in [1.54, 1.807) is 24.1 Å². The Morgan fingerprint density at radius 1 is 1.03 bits per heavy atom. The summed E-state index contributed by atoms with van der Waals surface area (Å²) in [5, 5.41) is 0.999. The van der Waals surface area contributed by atoms with Crippen molar-refractivity contribution in [1.29, 1.82) is 0 Å². The maximum absolute atomic E-state index is 13.4. The second kappa shape index (κ2) is 9.88. The van der Waals surface area contributed by atoms with E-state index in [0.717, 1.165) is 11.1 Å². The van der Waals surface area contributed by atoms with Gasteiger partial charge in [-0.25, -0.2) is 9.97 Å². The van der Waals surface area contributed by atoms with Crippen molar-refractivity contribution in [3.05, 3.63) is 86.8 Å². The van der Waals surface area contributed by atoms with Crippen molar-refractivity contribution in [2.45, 2.75) is 46.1 Å². The van der Waals surface area contributed by atoms with Crippen LogP contribution in [-0.4, -0.2) is 27.3 Å². The zero-order valence-electron chi connectivity index (χ0n) is 18.8. The number of carbonyl (C=O) groups excluding carboxylic acids is 1. The van der Waals surface area contributed by atoms with Gasteiger partial charge in [0, 0.05) is 13.1 Å². The number of rotatable bonds is 6. The molecule has 0 saturated heterocycles. The lowest BCUT2D eigenvalue weighted by Crippen LogP contribution is -2.34. The van der Waals surface area contributed by atoms with E-state index in [1.165, 1.54) is 5.56 Å². The van der Waals surface area contributed by atoms with E-state index in [1.807, 2.05) is 12.1 Å². The van der Waals surface area contributed by atoms with Crippen molar-refractivity contribution in [3.63, 3.8) is 0 Å². The molecule has 0 spiro atoms. The van der Waals surface area contributed by atoms with Crippen molar-refractivity contribution in [3.8, 4) is 0 Å². The SMILES string of the molecule is Cc1cnc(N)c(C(=O)N(CCc2ccc(Cl)c(Cl)c2)Cc2ccc(C(C)(C)C)cc2)n1. The molecule has 1 amide bonds. The Hall–Kier alpha value is -2.63. The van der Waals surface area contributed by atoms with E-state index in [2.05, 4.69) is 55.0 Å². The molecule has 2 N–H and O–H groups in total. The molecule has 7 heteroatoms. The predicted molar refractivity (Wildman–Crippen MR) is 131 cm³/mol. The maximum atomic E-state index is 13.4. The molecule has 1 aromatic heterocycles. The summed E-state index contributed by atoms with van der Waals surface area (Å²) < 4.78 is 0. The fourth-order valence-corrected chi connectivity index (χ4v) is 3.66. The second-order valence-corrected chi connectivity index (χ2v) is 9.73. The Bertz CT molecular complexity index is 1110. The van der Waals surface area contributed by atoms with Gasteiger partial charge in [0.15, 0.2) is 11.5 Å². The first kappa shape index (κ1) is 24.0. The van der Waals surface area contributed by atoms with Gasteiger partial charge in [-0.3, -0.25) is 4.79 Å². The first-order valence-corrected chi connectivity index (χ1v) is 11.2. The molecule has 0 aliphatic heterocycles. The lowest BCUT2D eigenvalue weighted by molar-refractivity contribution is 0.0739. The number of hydrogen-bond donors (Lipinski definition) is 1. The second-order valence-electron chi connectivity index (χ2n) is 8.92. The summed E-state index contributed by atoms with van der Waals surface area (Å²) in [6.45, 7) is 9.21. The highest BCUT2D eigenvalue weighted by atomic mass is 35.5. The summed E-state index contributed by atoms with van der Waals surface area (Å²) in [7, 11) is 0. The van der Waals surface area contributed by atoms with Crippen LogP contribution >= 0.6 is 23.2 Å². The summed E-state index contributed by atoms with van der Waals surface area (Å²) in [4.78, 5) is 23.6. The average molecular weight is 471 g/mol. The van der Waals surface area contributed by atoms with Gasteiger partial charge in [-0.05, 0) is 47.6 Å². The van der Waals surface area contributed by atoms with Gasteiger partial charge in [-0.1, -0.05) is 74.3 Å². The fraction of sp³-hybridized carbons (Fsp3) is 0.320. The lowest BCUT2D eigenvalue weighted by Gasteiger charge is -2.24. The van der Waals surface area contributed by atoms with Gasteiger partial charge in [0.05, 0.1) is 21.9 Å². The molecular weight excluding hydrogens is 443 g/mol. The summed E-state index contributed by atoms with van der Waals surface area (Å²) >= 11 is 12.2. The van der Waals surface area contributed by atoms with Crippen LogP contribution in [0.25, 0.3) is 0 Å². The number of aromatic nitrogens is 2. The molecule has 0 fully saturated rings. The maximum Gasteiger partial charge on any atom is 0.276 e. The van der Waals surface area contributed by atoms with Crippen molar-refractivity contribution in [1.82, 2.24) is 14.9 Å². The van der Waals surface area contributed by atoms with E-state index < -0.39 is 0 Å². The average Bonchev–Trinajstić information content (AvgIpc) is 2.74. The minimum Gasteiger partial charge on any atom is -0.382 e. The van der Waals surface area contributed by atoms with Crippen molar-refractivity contribution >= 4 is 34.9 Å². The Kier molecular flexibility index (Phi) is 7.42. The summed E-state index contributed by atoms with van der Waals surface area (Å²) in [6, 6.07) is 13.8. The van der Waals surface area contributed by atoms with Crippen molar-refractivity contribution in [2.24, 2.45) is 0 Å². The number of nitrogens with two attached hydrogens (primary N) is 1. The lowest BCUT2D eigenvalue weighted by atomic mass is 9.87. The van der Waals surface area contributed by atoms with E-state index in [4.69, 9.17) is 28.9 Å². The molecule has 3 aromatic rings. The summed E-state index contributed by atoms with van der Waals surface area (Å²) in [6.07, 6.45) is 2.17. The zero-order valence-corrected chi connectivity index (χ0v) is 20.3. The molecule has 5 nitrogen and oxygen atoms in total. The minimum absolute atomic E-state index is 0.0630. The van der Waals surface area contributed by atoms with Crippen LogP contribution in [0.5, 0.6) is 0 Å². The number of hydrogen-bond acceptors (Lipinski definition) is 4. The van der Waals surface area contributed by atoms with Crippen LogP contribution in [0.15, 0.2) is 48.7 Å². The van der Waals surface area contributed by atoms with Crippen molar-refractivity contribution in [2.75, 3.05) is 12.3 Å². The number of carbonyl (C=O) groups is 1. The van der Waals surface area contributed by atoms with Crippen LogP contribution in [0.4, 0.5) is 5.82 Å². The zero-order chi connectivity index (χ0) is 23.5. The first-order chi connectivity index (χ1) is 15.0. The summed E-state index contributed by atoms with van der Waals surface area (Å²) in [5.41, 5.74) is 10.1. The highest BCUT2D eigenvalue weighted by molar-refractivity contribution is 6.42. The molecule has 0 aliphatic carbocycles. The first-order valence-electron chi connectivity index (χ1n) is 10.5. The molecule has 0 aliphatic rings. The fourth-order valence-electron chi connectivity index (χ4n) is 3.34. The van der Waals surface area contributed by atoms with E-state index in [9.17, 15) is 4.79 Å². The Morgan fingerprint density at radius 3 is 2.31 bits per heavy atom. The van der Waals surface area contributed by atoms with Gasteiger partial charge in [0.25, 0.3) is 5.91 Å². The standard InChI is InChI=1S/C25H28Cl2N4O/c1-16-14-29-23(28)22(30-16)24(32)31(12-11-17-7-10-20(26)21(27)13-17)15-18-5-8-19(9-6-18)25(2,3)4/h5-10,13-14H,11-12,15H2,1-4H3,(H2,28,29). The molecule has 32 heavy (non-hydrogen) atoms. The highest BCUT2D eigenvalue weighted by Gasteiger charge is 2.22. The number of nitrogen functional groups attached to an aromatic ring is 1. The Morgan fingerprint density at radius 2 is 1.69 bits per heavy atom. The van der Waals surface area contributed by atoms with Crippen LogP contribution in [0.2, 0.25) is 10.0 Å². The minimum atomic E-state index is -0.251. The Balaban J connectivity index is 1.86. The van der Waals surface area contributed by atoms with Gasteiger partial charge in [-0.2, -0.15) is 0 Å². The van der Waals surface area contributed by atoms with Gasteiger partial charge in [0.1, 0.15) is 0 Å². The largest absolute Gasteiger partial charge is 0.382 e. The third kappa shape index (κ3) is 5.99. The smallest absolute Gasteiger partial charge is 0.276 e. The van der Waals surface area contributed by atoms with Gasteiger partial charge >= 0.3 is 0 Å². The van der Waals surface area contributed by atoms with Gasteiger partial charge in [-0.15, -0.1) is 0 Å². The number of benzene rings is 2. The van der Waals surface area contributed by atoms with Crippen LogP contribution in [0.1, 0.15) is 53.6 Å².